The number of nitrogens with one attached hydrogen (secondary N) is 1. The van der Waals surface area contributed by atoms with Crippen LogP contribution in [-0.2, 0) is 4.79 Å². The van der Waals surface area contributed by atoms with Crippen molar-refractivity contribution in [2.75, 3.05) is 12.4 Å². The normalized spacial score (nSPS) is 9.17. The number of carbonyl (C=O) groups excluding carboxylic acids is 1. The summed E-state index contributed by atoms with van der Waals surface area (Å²) in [5.74, 6) is 0.507. The van der Waals surface area contributed by atoms with Crippen molar-refractivity contribution in [1.82, 2.24) is 0 Å². The number of methoxy groups -OCH3 is 1. The van der Waals surface area contributed by atoms with Crippen molar-refractivity contribution in [1.29, 1.82) is 0 Å². The first kappa shape index (κ1) is 8.59. The number of anilines is 1. The summed E-state index contributed by atoms with van der Waals surface area (Å²) in [5, 5.41) is 2.64. The Balaban J connectivity index is 2.89. The lowest BCUT2D eigenvalue weighted by Crippen LogP contribution is -2.06. The molecule has 0 aliphatic carbocycles. The Morgan fingerprint density at radius 2 is 2.42 bits per heavy atom. The molecular formula is C9H10NO2. The number of hydrogen-bond donors (Lipinski definition) is 1. The predicted molar refractivity (Wildman–Crippen MR) is 46.1 cm³/mol. The molecule has 3 nitrogen and oxygen atoms in total. The molecule has 0 saturated carbocycles. The van der Waals surface area contributed by atoms with Gasteiger partial charge in [0, 0.05) is 6.92 Å². The predicted octanol–water partition coefficient (Wildman–Crippen LogP) is 1.45. The zero-order chi connectivity index (χ0) is 8.97. The van der Waals surface area contributed by atoms with Crippen molar-refractivity contribution in [3.8, 4) is 5.75 Å². The van der Waals surface area contributed by atoms with Gasteiger partial charge in [-0.25, -0.2) is 0 Å². The van der Waals surface area contributed by atoms with Crippen LogP contribution in [0.3, 0.4) is 0 Å². The van der Waals surface area contributed by atoms with E-state index in [4.69, 9.17) is 4.74 Å². The van der Waals surface area contributed by atoms with Crippen LogP contribution in [-0.4, -0.2) is 13.0 Å². The molecule has 1 aromatic rings. The summed E-state index contributed by atoms with van der Waals surface area (Å²) in [6.45, 7) is 1.45. The highest BCUT2D eigenvalue weighted by atomic mass is 16.5. The molecule has 1 aromatic carbocycles. The first-order valence-electron chi connectivity index (χ1n) is 3.55. The molecule has 0 spiro atoms. The van der Waals surface area contributed by atoms with Gasteiger partial charge in [-0.2, -0.15) is 0 Å². The third-order valence-corrected chi connectivity index (χ3v) is 1.36. The second kappa shape index (κ2) is 3.76. The standard InChI is InChI=1S/C9H10NO2/c1-7(11)10-8-5-3-4-6-9(8)12-2/h3,5-6H,1-2H3,(H,10,11). The molecule has 1 rings (SSSR count). The molecule has 0 fully saturated rings. The summed E-state index contributed by atoms with van der Waals surface area (Å²) in [7, 11) is 1.55. The van der Waals surface area contributed by atoms with Crippen molar-refractivity contribution < 1.29 is 9.53 Å². The molecule has 1 amide bonds. The number of amides is 1. The third kappa shape index (κ3) is 1.99. The lowest BCUT2D eigenvalue weighted by atomic mass is 10.3. The van der Waals surface area contributed by atoms with E-state index in [0.29, 0.717) is 11.4 Å². The Labute approximate surface area is 71.4 Å². The quantitative estimate of drug-likeness (QED) is 0.718. The summed E-state index contributed by atoms with van der Waals surface area (Å²) < 4.78 is 5.00. The van der Waals surface area contributed by atoms with Crippen LogP contribution in [0.25, 0.3) is 0 Å². The molecule has 1 radical (unpaired) electrons. The minimum absolute atomic E-state index is 0.112. The van der Waals surface area contributed by atoms with Crippen LogP contribution in [0.4, 0.5) is 5.69 Å². The van der Waals surface area contributed by atoms with Crippen molar-refractivity contribution in [3.05, 3.63) is 24.3 Å². The first-order chi connectivity index (χ1) is 5.74. The van der Waals surface area contributed by atoms with Crippen LogP contribution in [0, 0.1) is 6.07 Å². The largest absolute Gasteiger partial charge is 0.495 e. The van der Waals surface area contributed by atoms with Crippen molar-refractivity contribution in [2.24, 2.45) is 0 Å². The molecule has 0 aliphatic heterocycles. The zero-order valence-corrected chi connectivity index (χ0v) is 7.05. The van der Waals surface area contributed by atoms with E-state index < -0.39 is 0 Å². The Kier molecular flexibility index (Phi) is 2.69. The molecule has 3 heteroatoms. The van der Waals surface area contributed by atoms with Crippen LogP contribution in [0.5, 0.6) is 5.75 Å². The SMILES string of the molecule is COc1c[c]ccc1NC(C)=O. The molecule has 0 bridgehead atoms. The molecule has 0 aromatic heterocycles. The number of carbonyl (C=O) groups is 1. The minimum atomic E-state index is -0.112. The van der Waals surface area contributed by atoms with Gasteiger partial charge in [-0.1, -0.05) is 6.07 Å². The molecular weight excluding hydrogens is 154 g/mol. The average Bonchev–Trinajstić information content (AvgIpc) is 2.04. The lowest BCUT2D eigenvalue weighted by Gasteiger charge is -2.06. The molecule has 0 aliphatic rings. The summed E-state index contributed by atoms with van der Waals surface area (Å²) in [5.41, 5.74) is 0.670. The van der Waals surface area contributed by atoms with E-state index in [9.17, 15) is 4.79 Å². The van der Waals surface area contributed by atoms with E-state index in [-0.39, 0.29) is 5.91 Å². The molecule has 1 N–H and O–H groups in total. The number of benzene rings is 1. The van der Waals surface area contributed by atoms with Crippen molar-refractivity contribution in [3.63, 3.8) is 0 Å². The molecule has 0 atom stereocenters. The van der Waals surface area contributed by atoms with E-state index in [1.165, 1.54) is 6.92 Å². The number of ether oxygens (including phenoxy) is 1. The van der Waals surface area contributed by atoms with Gasteiger partial charge in [0.2, 0.25) is 5.91 Å². The summed E-state index contributed by atoms with van der Waals surface area (Å²) in [6.07, 6.45) is 0. The second-order valence-corrected chi connectivity index (χ2v) is 2.31. The van der Waals surface area contributed by atoms with Crippen LogP contribution in [0.1, 0.15) is 6.92 Å². The summed E-state index contributed by atoms with van der Waals surface area (Å²) >= 11 is 0. The smallest absolute Gasteiger partial charge is 0.221 e. The van der Waals surface area contributed by atoms with E-state index in [0.717, 1.165) is 0 Å². The summed E-state index contributed by atoms with van der Waals surface area (Å²) in [6, 6.07) is 7.97. The van der Waals surface area contributed by atoms with E-state index in [1.807, 2.05) is 0 Å². The van der Waals surface area contributed by atoms with E-state index >= 15 is 0 Å². The Morgan fingerprint density at radius 3 is 3.00 bits per heavy atom. The average molecular weight is 164 g/mol. The van der Waals surface area contributed by atoms with Gasteiger partial charge < -0.3 is 10.1 Å². The van der Waals surface area contributed by atoms with Gasteiger partial charge in [0.05, 0.1) is 12.8 Å². The van der Waals surface area contributed by atoms with Crippen LogP contribution in [0.2, 0.25) is 0 Å². The van der Waals surface area contributed by atoms with Gasteiger partial charge in [0.1, 0.15) is 5.75 Å². The van der Waals surface area contributed by atoms with Gasteiger partial charge in [-0.3, -0.25) is 4.79 Å². The van der Waals surface area contributed by atoms with Gasteiger partial charge in [0.15, 0.2) is 0 Å². The minimum Gasteiger partial charge on any atom is -0.495 e. The van der Waals surface area contributed by atoms with Gasteiger partial charge in [-0.15, -0.1) is 0 Å². The first-order valence-corrected chi connectivity index (χ1v) is 3.55. The molecule has 12 heavy (non-hydrogen) atoms. The molecule has 0 unspecified atom stereocenters. The lowest BCUT2D eigenvalue weighted by molar-refractivity contribution is -0.114. The second-order valence-electron chi connectivity index (χ2n) is 2.31. The highest BCUT2D eigenvalue weighted by Crippen LogP contribution is 2.22. The fraction of sp³-hybridized carbons (Fsp3) is 0.222. The molecule has 0 saturated heterocycles. The van der Waals surface area contributed by atoms with Gasteiger partial charge in [0.25, 0.3) is 0 Å². The van der Waals surface area contributed by atoms with Crippen LogP contribution >= 0.6 is 0 Å². The van der Waals surface area contributed by atoms with Crippen molar-refractivity contribution >= 4 is 11.6 Å². The number of rotatable bonds is 2. The van der Waals surface area contributed by atoms with E-state index in [2.05, 4.69) is 11.4 Å². The molecule has 63 valence electrons. The van der Waals surface area contributed by atoms with Crippen molar-refractivity contribution in [2.45, 2.75) is 6.92 Å². The third-order valence-electron chi connectivity index (χ3n) is 1.36. The zero-order valence-electron chi connectivity index (χ0n) is 7.05. The maximum Gasteiger partial charge on any atom is 0.221 e. The maximum atomic E-state index is 10.7. The highest BCUT2D eigenvalue weighted by molar-refractivity contribution is 5.90. The topological polar surface area (TPSA) is 38.3 Å². The Bertz CT molecular complexity index is 284. The number of hydrogen-bond acceptors (Lipinski definition) is 2. The maximum absolute atomic E-state index is 10.7. The monoisotopic (exact) mass is 164 g/mol. The van der Waals surface area contributed by atoms with E-state index in [1.54, 1.807) is 25.3 Å². The van der Waals surface area contributed by atoms with Crippen LogP contribution < -0.4 is 10.1 Å². The summed E-state index contributed by atoms with van der Waals surface area (Å²) in [4.78, 5) is 10.7. The Morgan fingerprint density at radius 1 is 1.67 bits per heavy atom. The van der Waals surface area contributed by atoms with Crippen LogP contribution in [0.15, 0.2) is 18.2 Å². The fourth-order valence-corrected chi connectivity index (χ4v) is 0.877. The molecule has 0 heterocycles. The highest BCUT2D eigenvalue weighted by Gasteiger charge is 2.01. The Hall–Kier alpha value is -1.51. The van der Waals surface area contributed by atoms with Gasteiger partial charge >= 0.3 is 0 Å². The fourth-order valence-electron chi connectivity index (χ4n) is 0.877. The van der Waals surface area contributed by atoms with Gasteiger partial charge in [-0.05, 0) is 18.2 Å².